The van der Waals surface area contributed by atoms with Crippen molar-refractivity contribution in [2.45, 2.75) is 26.4 Å². The number of carbonyl (C=O) groups excluding carboxylic acids is 2. The Kier molecular flexibility index (Phi) is 3.35. The van der Waals surface area contributed by atoms with E-state index in [1.807, 2.05) is 20.8 Å². The van der Waals surface area contributed by atoms with Gasteiger partial charge in [-0.15, -0.1) is 0 Å². The Balaban J connectivity index is 2.11. The summed E-state index contributed by atoms with van der Waals surface area (Å²) in [7, 11) is 1.30. The molecule has 1 N–H and O–H groups in total. The molecule has 2 aromatic heterocycles. The summed E-state index contributed by atoms with van der Waals surface area (Å²) in [5.74, 6) is -0.416. The number of carbonyl (C=O) groups is 2. The predicted octanol–water partition coefficient (Wildman–Crippen LogP) is 3.09. The van der Waals surface area contributed by atoms with Gasteiger partial charge in [0.05, 0.1) is 23.7 Å². The first-order chi connectivity index (χ1) is 10.8. The van der Waals surface area contributed by atoms with Crippen molar-refractivity contribution in [1.29, 1.82) is 0 Å². The molecule has 0 aliphatic heterocycles. The Morgan fingerprint density at radius 2 is 1.96 bits per heavy atom. The van der Waals surface area contributed by atoms with E-state index in [2.05, 4.69) is 14.7 Å². The van der Waals surface area contributed by atoms with Crippen molar-refractivity contribution >= 4 is 34.0 Å². The second-order valence-corrected chi connectivity index (χ2v) is 6.14. The molecule has 0 saturated carbocycles. The second kappa shape index (κ2) is 5.12. The molecule has 7 nitrogen and oxygen atoms in total. The zero-order chi connectivity index (χ0) is 16.8. The van der Waals surface area contributed by atoms with E-state index in [-0.39, 0.29) is 5.82 Å². The van der Waals surface area contributed by atoms with Gasteiger partial charge in [0.1, 0.15) is 5.60 Å². The van der Waals surface area contributed by atoms with Gasteiger partial charge in [-0.05, 0) is 39.0 Å². The molecule has 0 atom stereocenters. The van der Waals surface area contributed by atoms with Gasteiger partial charge in [-0.25, -0.2) is 14.6 Å². The van der Waals surface area contributed by atoms with E-state index in [4.69, 9.17) is 4.74 Å². The minimum absolute atomic E-state index is 0.125. The summed E-state index contributed by atoms with van der Waals surface area (Å²) in [5, 5.41) is 0.750. The Morgan fingerprint density at radius 3 is 2.61 bits per heavy atom. The van der Waals surface area contributed by atoms with Crippen molar-refractivity contribution < 1.29 is 19.1 Å². The average Bonchev–Trinajstić information content (AvgIpc) is 3.07. The molecule has 120 valence electrons. The summed E-state index contributed by atoms with van der Waals surface area (Å²) >= 11 is 0. The fraction of sp³-hybridized carbons (Fsp3) is 0.312. The average molecular weight is 315 g/mol. The molecule has 3 rings (SSSR count). The fourth-order valence-electron chi connectivity index (χ4n) is 2.35. The zero-order valence-corrected chi connectivity index (χ0v) is 13.3. The fourth-order valence-corrected chi connectivity index (χ4v) is 2.35. The van der Waals surface area contributed by atoms with Crippen LogP contribution in [0.3, 0.4) is 0 Å². The number of benzene rings is 1. The normalized spacial score (nSPS) is 11.8. The first-order valence-electron chi connectivity index (χ1n) is 7.11. The summed E-state index contributed by atoms with van der Waals surface area (Å²) in [5.41, 5.74) is 1.38. The third kappa shape index (κ3) is 2.65. The van der Waals surface area contributed by atoms with Gasteiger partial charge >= 0.3 is 12.1 Å². The number of fused-ring (bicyclic) bond motifs is 3. The number of rotatable bonds is 1. The highest BCUT2D eigenvalue weighted by Gasteiger charge is 2.20. The van der Waals surface area contributed by atoms with Crippen molar-refractivity contribution in [3.63, 3.8) is 0 Å². The molecule has 2 heterocycles. The smallest absolute Gasteiger partial charge is 0.418 e. The van der Waals surface area contributed by atoms with Crippen molar-refractivity contribution in [3.8, 4) is 0 Å². The van der Waals surface area contributed by atoms with Gasteiger partial charge in [0, 0.05) is 11.6 Å². The van der Waals surface area contributed by atoms with Crippen LogP contribution in [0.5, 0.6) is 0 Å². The number of nitrogens with zero attached hydrogens (tertiary/aromatic N) is 2. The van der Waals surface area contributed by atoms with Crippen LogP contribution in [-0.2, 0) is 9.47 Å². The molecule has 0 saturated heterocycles. The largest absolute Gasteiger partial charge is 0.463 e. The number of hydrogen-bond donors (Lipinski definition) is 1. The van der Waals surface area contributed by atoms with E-state index in [9.17, 15) is 9.59 Å². The van der Waals surface area contributed by atoms with Crippen LogP contribution in [0.2, 0.25) is 0 Å². The number of imidazole rings is 1. The van der Waals surface area contributed by atoms with Crippen LogP contribution in [0.15, 0.2) is 24.4 Å². The van der Waals surface area contributed by atoms with E-state index in [0.29, 0.717) is 16.6 Å². The summed E-state index contributed by atoms with van der Waals surface area (Å²) in [6, 6.07) is 5.31. The molecule has 0 radical (unpaired) electrons. The lowest BCUT2D eigenvalue weighted by molar-refractivity contribution is 0.0542. The Morgan fingerprint density at radius 1 is 1.22 bits per heavy atom. The minimum Gasteiger partial charge on any atom is -0.463 e. The molecule has 3 aromatic rings. The lowest BCUT2D eigenvalue weighted by atomic mass is 10.2. The Bertz CT molecular complexity index is 915. The lowest BCUT2D eigenvalue weighted by Gasteiger charge is -2.19. The van der Waals surface area contributed by atoms with Crippen molar-refractivity contribution in [2.75, 3.05) is 7.11 Å². The van der Waals surface area contributed by atoms with E-state index in [1.165, 1.54) is 11.7 Å². The molecule has 23 heavy (non-hydrogen) atoms. The van der Waals surface area contributed by atoms with Gasteiger partial charge in [-0.2, -0.15) is 0 Å². The molecule has 7 heteroatoms. The molecule has 0 unspecified atom stereocenters. The maximum atomic E-state index is 12.3. The van der Waals surface area contributed by atoms with Crippen LogP contribution in [0, 0.1) is 0 Å². The summed E-state index contributed by atoms with van der Waals surface area (Å²) < 4.78 is 11.5. The van der Waals surface area contributed by atoms with E-state index < -0.39 is 17.7 Å². The molecule has 0 aliphatic carbocycles. The SMILES string of the molecule is COC(=O)c1nc2c(ccc3c2ccn3C(=O)OC(C)(C)C)[nH]1. The molecule has 1 aromatic carbocycles. The molecule has 0 aliphatic rings. The van der Waals surface area contributed by atoms with E-state index in [0.717, 1.165) is 5.39 Å². The van der Waals surface area contributed by atoms with E-state index >= 15 is 0 Å². The summed E-state index contributed by atoms with van der Waals surface area (Å²) in [6.45, 7) is 5.43. The Labute approximate surface area is 132 Å². The van der Waals surface area contributed by atoms with Gasteiger partial charge in [-0.3, -0.25) is 4.57 Å². The van der Waals surface area contributed by atoms with Crippen LogP contribution >= 0.6 is 0 Å². The molecular formula is C16H17N3O4. The summed E-state index contributed by atoms with van der Waals surface area (Å²) in [4.78, 5) is 31.0. The van der Waals surface area contributed by atoms with Crippen LogP contribution in [0.1, 0.15) is 31.4 Å². The van der Waals surface area contributed by atoms with Crippen LogP contribution in [0.4, 0.5) is 4.79 Å². The van der Waals surface area contributed by atoms with Crippen LogP contribution < -0.4 is 0 Å². The number of ether oxygens (including phenoxy) is 2. The number of aromatic amines is 1. The highest BCUT2D eigenvalue weighted by atomic mass is 16.6. The highest BCUT2D eigenvalue weighted by molar-refractivity contribution is 6.07. The zero-order valence-electron chi connectivity index (χ0n) is 13.3. The standard InChI is InChI=1S/C16H17N3O4/c1-16(2,3)23-15(21)19-8-7-9-11(19)6-5-10-12(9)18-13(17-10)14(20)22-4/h5-8H,1-4H3,(H,17,18). The van der Waals surface area contributed by atoms with Gasteiger partial charge in [0.25, 0.3) is 0 Å². The number of nitrogens with one attached hydrogen (secondary N) is 1. The number of aromatic nitrogens is 3. The van der Waals surface area contributed by atoms with Crippen molar-refractivity contribution in [2.24, 2.45) is 0 Å². The van der Waals surface area contributed by atoms with Gasteiger partial charge < -0.3 is 14.5 Å². The second-order valence-electron chi connectivity index (χ2n) is 6.14. The number of H-pyrrole nitrogens is 1. The lowest BCUT2D eigenvalue weighted by Crippen LogP contribution is -2.26. The Hall–Kier alpha value is -2.83. The highest BCUT2D eigenvalue weighted by Crippen LogP contribution is 2.25. The number of hydrogen-bond acceptors (Lipinski definition) is 5. The number of esters is 1. The first kappa shape index (κ1) is 15.1. The topological polar surface area (TPSA) is 86.2 Å². The quantitative estimate of drug-likeness (QED) is 0.697. The van der Waals surface area contributed by atoms with Crippen LogP contribution in [-0.4, -0.2) is 39.3 Å². The first-order valence-corrected chi connectivity index (χ1v) is 7.11. The monoisotopic (exact) mass is 315 g/mol. The number of methoxy groups -OCH3 is 1. The molecule has 0 spiro atoms. The van der Waals surface area contributed by atoms with Crippen molar-refractivity contribution in [1.82, 2.24) is 14.5 Å². The predicted molar refractivity (Wildman–Crippen MR) is 84.6 cm³/mol. The molecular weight excluding hydrogens is 298 g/mol. The maximum Gasteiger partial charge on any atom is 0.418 e. The molecule has 0 bridgehead atoms. The molecule has 0 amide bonds. The van der Waals surface area contributed by atoms with Crippen LogP contribution in [0.25, 0.3) is 21.9 Å². The summed E-state index contributed by atoms with van der Waals surface area (Å²) in [6.07, 6.45) is 1.17. The van der Waals surface area contributed by atoms with E-state index in [1.54, 1.807) is 24.4 Å². The van der Waals surface area contributed by atoms with Gasteiger partial charge in [0.2, 0.25) is 5.82 Å². The maximum absolute atomic E-state index is 12.3. The third-order valence-electron chi connectivity index (χ3n) is 3.29. The molecule has 0 fully saturated rings. The minimum atomic E-state index is -0.581. The van der Waals surface area contributed by atoms with Gasteiger partial charge in [0.15, 0.2) is 0 Å². The van der Waals surface area contributed by atoms with Crippen molar-refractivity contribution in [3.05, 3.63) is 30.2 Å². The third-order valence-corrected chi connectivity index (χ3v) is 3.29. The van der Waals surface area contributed by atoms with Gasteiger partial charge in [-0.1, -0.05) is 0 Å².